The molecule has 0 bridgehead atoms. The van der Waals surface area contributed by atoms with Crippen molar-refractivity contribution in [1.82, 2.24) is 10.2 Å². The third-order valence-corrected chi connectivity index (χ3v) is 8.29. The molecule has 0 aromatic heterocycles. The average Bonchev–Trinajstić information content (AvgIpc) is 3.39. The van der Waals surface area contributed by atoms with Crippen molar-refractivity contribution >= 4 is 27.5 Å². The Morgan fingerprint density at radius 2 is 1.82 bits per heavy atom. The van der Waals surface area contributed by atoms with Crippen LogP contribution in [-0.2, 0) is 26.2 Å². The third kappa shape index (κ3) is 7.96. The fourth-order valence-electron chi connectivity index (χ4n) is 5.08. The molecule has 0 radical (unpaired) electrons. The Labute approximate surface area is 227 Å². The summed E-state index contributed by atoms with van der Waals surface area (Å²) in [4.78, 5) is 28.6. The zero-order valence-corrected chi connectivity index (χ0v) is 23.8. The smallest absolute Gasteiger partial charge is 0.243 e. The lowest BCUT2D eigenvalue weighted by molar-refractivity contribution is -0.141. The van der Waals surface area contributed by atoms with Gasteiger partial charge in [0.2, 0.25) is 21.8 Å². The van der Waals surface area contributed by atoms with Gasteiger partial charge in [-0.1, -0.05) is 50.1 Å². The Hall–Kier alpha value is -3.07. The molecule has 1 aliphatic carbocycles. The summed E-state index contributed by atoms with van der Waals surface area (Å²) in [5.41, 5.74) is 2.32. The molecule has 3 rings (SSSR count). The molecule has 2 aromatic rings. The third-order valence-electron chi connectivity index (χ3n) is 7.11. The van der Waals surface area contributed by atoms with Gasteiger partial charge in [-0.2, -0.15) is 0 Å². The van der Waals surface area contributed by atoms with Gasteiger partial charge in [-0.15, -0.1) is 0 Å². The van der Waals surface area contributed by atoms with Crippen LogP contribution in [0.3, 0.4) is 0 Å². The first-order valence-corrected chi connectivity index (χ1v) is 15.2. The van der Waals surface area contributed by atoms with Gasteiger partial charge in [-0.3, -0.25) is 13.9 Å². The molecule has 1 atom stereocenters. The molecule has 0 heterocycles. The summed E-state index contributed by atoms with van der Waals surface area (Å²) in [7, 11) is -1.94. The molecule has 2 amide bonds. The molecule has 0 unspecified atom stereocenters. The lowest BCUT2D eigenvalue weighted by Crippen LogP contribution is -2.51. The number of nitrogens with one attached hydrogen (secondary N) is 1. The van der Waals surface area contributed by atoms with E-state index in [2.05, 4.69) is 5.32 Å². The number of nitrogens with zero attached hydrogens (tertiary/aromatic N) is 2. The largest absolute Gasteiger partial charge is 0.497 e. The van der Waals surface area contributed by atoms with E-state index in [-0.39, 0.29) is 37.4 Å². The van der Waals surface area contributed by atoms with E-state index in [1.54, 1.807) is 24.1 Å². The van der Waals surface area contributed by atoms with Gasteiger partial charge in [0, 0.05) is 25.6 Å². The van der Waals surface area contributed by atoms with Crippen LogP contribution in [0.1, 0.15) is 63.0 Å². The summed E-state index contributed by atoms with van der Waals surface area (Å²) in [5, 5.41) is 3.15. The Bertz CT molecular complexity index is 1190. The normalized spacial score (nSPS) is 14.6. The van der Waals surface area contributed by atoms with E-state index in [0.717, 1.165) is 36.8 Å². The van der Waals surface area contributed by atoms with Crippen LogP contribution in [0.15, 0.2) is 48.5 Å². The zero-order valence-electron chi connectivity index (χ0n) is 23.0. The number of hydrogen-bond donors (Lipinski definition) is 1. The summed E-state index contributed by atoms with van der Waals surface area (Å²) in [6, 6.07) is 14.3. The number of anilines is 1. The molecule has 0 saturated heterocycles. The Kier molecular flexibility index (Phi) is 10.6. The predicted octanol–water partition coefficient (Wildman–Crippen LogP) is 4.42. The Morgan fingerprint density at radius 1 is 1.11 bits per heavy atom. The van der Waals surface area contributed by atoms with E-state index in [1.807, 2.05) is 50.2 Å². The van der Waals surface area contributed by atoms with Crippen LogP contribution in [0.5, 0.6) is 5.75 Å². The number of carbonyl (C=O) groups is 2. The van der Waals surface area contributed by atoms with Gasteiger partial charge in [-0.05, 0) is 61.9 Å². The number of ether oxygens (including phenoxy) is 1. The number of methoxy groups -OCH3 is 1. The summed E-state index contributed by atoms with van der Waals surface area (Å²) < 4.78 is 31.8. The number of amides is 2. The molecule has 9 heteroatoms. The maximum atomic E-state index is 13.6. The predicted molar refractivity (Wildman–Crippen MR) is 151 cm³/mol. The lowest BCUT2D eigenvalue weighted by Gasteiger charge is -2.32. The van der Waals surface area contributed by atoms with Crippen molar-refractivity contribution in [3.05, 3.63) is 59.7 Å². The molecule has 1 fully saturated rings. The molecule has 1 aliphatic rings. The minimum Gasteiger partial charge on any atom is -0.497 e. The highest BCUT2D eigenvalue weighted by Gasteiger charge is 2.31. The maximum Gasteiger partial charge on any atom is 0.243 e. The molecular formula is C29H41N3O5S. The first-order chi connectivity index (χ1) is 18.1. The van der Waals surface area contributed by atoms with Gasteiger partial charge >= 0.3 is 0 Å². The second-order valence-electron chi connectivity index (χ2n) is 10.0. The van der Waals surface area contributed by atoms with Crippen molar-refractivity contribution in [2.24, 2.45) is 0 Å². The topological polar surface area (TPSA) is 96.0 Å². The fourth-order valence-corrected chi connectivity index (χ4v) is 6.10. The SMILES string of the molecule is CC[C@@H](C(=O)NC1CCCC1)N(Cc1cccc(OC)c1)C(=O)CCCN(c1ccccc1C)S(C)(=O)=O. The van der Waals surface area contributed by atoms with Gasteiger partial charge in [0.1, 0.15) is 11.8 Å². The van der Waals surface area contributed by atoms with Crippen molar-refractivity contribution in [1.29, 1.82) is 0 Å². The summed E-state index contributed by atoms with van der Waals surface area (Å²) in [6.07, 6.45) is 6.24. The molecule has 2 aromatic carbocycles. The molecular weight excluding hydrogens is 502 g/mol. The van der Waals surface area contributed by atoms with Crippen molar-refractivity contribution < 1.29 is 22.7 Å². The number of aryl methyl sites for hydroxylation is 1. The average molecular weight is 544 g/mol. The number of para-hydroxylation sites is 1. The second-order valence-corrected chi connectivity index (χ2v) is 11.9. The molecule has 0 aliphatic heterocycles. The number of hydrogen-bond acceptors (Lipinski definition) is 5. The first kappa shape index (κ1) is 29.5. The van der Waals surface area contributed by atoms with Crippen LogP contribution in [0.4, 0.5) is 5.69 Å². The van der Waals surface area contributed by atoms with Crippen LogP contribution >= 0.6 is 0 Å². The summed E-state index contributed by atoms with van der Waals surface area (Å²) in [6.45, 7) is 4.21. The van der Waals surface area contributed by atoms with Crippen molar-refractivity contribution in [3.63, 3.8) is 0 Å². The van der Waals surface area contributed by atoms with Gasteiger partial charge < -0.3 is 15.0 Å². The molecule has 1 N–H and O–H groups in total. The second kappa shape index (κ2) is 13.6. The first-order valence-electron chi connectivity index (χ1n) is 13.4. The minimum absolute atomic E-state index is 0.120. The molecule has 0 spiro atoms. The Morgan fingerprint density at radius 3 is 2.45 bits per heavy atom. The van der Waals surface area contributed by atoms with Crippen LogP contribution in [0.25, 0.3) is 0 Å². The lowest BCUT2D eigenvalue weighted by atomic mass is 10.1. The fraction of sp³-hybridized carbons (Fsp3) is 0.517. The minimum atomic E-state index is -3.53. The van der Waals surface area contributed by atoms with Gasteiger partial charge in [0.15, 0.2) is 0 Å². The standard InChI is InChI=1S/C29H41N3O5S/c1-5-26(29(34)30-24-14-7-8-15-24)31(21-23-13-10-16-25(20-23)37-3)28(33)18-11-19-32(38(4,35)36)27-17-9-6-12-22(27)2/h6,9-10,12-13,16-17,20,24,26H,5,7-8,11,14-15,18-19,21H2,1-4H3,(H,30,34)/t26-/m0/s1. The monoisotopic (exact) mass is 543 g/mol. The van der Waals surface area contributed by atoms with Crippen LogP contribution in [-0.4, -0.2) is 57.1 Å². The van der Waals surface area contributed by atoms with Crippen LogP contribution < -0.4 is 14.4 Å². The number of benzene rings is 2. The number of rotatable bonds is 13. The molecule has 38 heavy (non-hydrogen) atoms. The van der Waals surface area contributed by atoms with Gasteiger partial charge in [0.25, 0.3) is 0 Å². The van der Waals surface area contributed by atoms with Crippen molar-refractivity contribution in [3.8, 4) is 5.75 Å². The van der Waals surface area contributed by atoms with E-state index < -0.39 is 16.1 Å². The van der Waals surface area contributed by atoms with Gasteiger partial charge in [0.05, 0.1) is 19.1 Å². The van der Waals surface area contributed by atoms with E-state index in [9.17, 15) is 18.0 Å². The number of carbonyl (C=O) groups excluding carboxylic acids is 2. The van der Waals surface area contributed by atoms with Crippen molar-refractivity contribution in [2.75, 3.05) is 24.2 Å². The van der Waals surface area contributed by atoms with Crippen molar-refractivity contribution in [2.45, 2.75) is 77.4 Å². The maximum absolute atomic E-state index is 13.6. The summed E-state index contributed by atoms with van der Waals surface area (Å²) in [5.74, 6) is 0.369. The van der Waals surface area contributed by atoms with E-state index in [0.29, 0.717) is 24.3 Å². The quantitative estimate of drug-likeness (QED) is 0.404. The van der Waals surface area contributed by atoms with Crippen LogP contribution in [0, 0.1) is 6.92 Å². The highest BCUT2D eigenvalue weighted by Crippen LogP contribution is 2.24. The molecule has 1 saturated carbocycles. The van der Waals surface area contributed by atoms with Crippen LogP contribution in [0.2, 0.25) is 0 Å². The molecule has 8 nitrogen and oxygen atoms in total. The molecule has 208 valence electrons. The highest BCUT2D eigenvalue weighted by atomic mass is 32.2. The zero-order chi connectivity index (χ0) is 27.7. The van der Waals surface area contributed by atoms with Gasteiger partial charge in [-0.25, -0.2) is 8.42 Å². The van der Waals surface area contributed by atoms with E-state index >= 15 is 0 Å². The van der Waals surface area contributed by atoms with E-state index in [4.69, 9.17) is 4.74 Å². The van der Waals surface area contributed by atoms with E-state index in [1.165, 1.54) is 10.6 Å². The Balaban J connectivity index is 1.78. The highest BCUT2D eigenvalue weighted by molar-refractivity contribution is 7.92. The summed E-state index contributed by atoms with van der Waals surface area (Å²) >= 11 is 0. The number of sulfonamides is 1.